The van der Waals surface area contributed by atoms with E-state index in [1.807, 2.05) is 12.1 Å². The predicted octanol–water partition coefficient (Wildman–Crippen LogP) is 3.79. The fourth-order valence-electron chi connectivity index (χ4n) is 1.83. The van der Waals surface area contributed by atoms with E-state index < -0.39 is 0 Å². The fourth-order valence-corrected chi connectivity index (χ4v) is 1.83. The molecule has 20 heavy (non-hydrogen) atoms. The topological polar surface area (TPSA) is 35.5 Å². The van der Waals surface area contributed by atoms with Gasteiger partial charge >= 0.3 is 5.97 Å². The molecular weight excluding hydrogens is 252 g/mol. The van der Waals surface area contributed by atoms with Crippen LogP contribution in [0.1, 0.15) is 38.8 Å². The third-order valence-corrected chi connectivity index (χ3v) is 2.82. The molecule has 0 unspecified atom stereocenters. The second-order valence-corrected chi connectivity index (χ2v) is 5.72. The van der Waals surface area contributed by atoms with Gasteiger partial charge in [0.05, 0.1) is 6.61 Å². The van der Waals surface area contributed by atoms with Gasteiger partial charge < -0.3 is 9.47 Å². The van der Waals surface area contributed by atoms with Gasteiger partial charge in [0, 0.05) is 6.08 Å². The molecule has 1 aromatic rings. The lowest BCUT2D eigenvalue weighted by molar-refractivity contribution is -0.137. The number of carbonyl (C=O) groups excluding carboxylic acids is 1. The molecule has 0 atom stereocenters. The average Bonchev–Trinajstić information content (AvgIpc) is 2.35. The molecule has 0 bridgehead atoms. The van der Waals surface area contributed by atoms with Crippen molar-refractivity contribution >= 4 is 5.97 Å². The van der Waals surface area contributed by atoms with Gasteiger partial charge in [-0.1, -0.05) is 38.5 Å². The molecule has 3 heteroatoms. The Labute approximate surface area is 121 Å². The first kappa shape index (κ1) is 16.3. The molecule has 0 fully saturated rings. The first-order chi connectivity index (χ1) is 9.34. The summed E-state index contributed by atoms with van der Waals surface area (Å²) in [5.74, 6) is 0.521. The van der Waals surface area contributed by atoms with Crippen molar-refractivity contribution in [3.05, 3.63) is 41.5 Å². The second-order valence-electron chi connectivity index (χ2n) is 5.72. The highest BCUT2D eigenvalue weighted by molar-refractivity contribution is 5.81. The number of benzene rings is 1. The molecule has 0 aliphatic carbocycles. The Kier molecular flexibility index (Phi) is 5.81. The molecule has 3 nitrogen and oxygen atoms in total. The molecule has 0 aliphatic heterocycles. The Hall–Kier alpha value is -1.77. The van der Waals surface area contributed by atoms with Crippen molar-refractivity contribution in [3.63, 3.8) is 0 Å². The van der Waals surface area contributed by atoms with Crippen LogP contribution in [-0.4, -0.2) is 19.2 Å². The van der Waals surface area contributed by atoms with Gasteiger partial charge in [-0.3, -0.25) is 0 Å². The standard InChI is InChI=1S/C17H24O3/c1-6-19-16(18)8-7-11-20-15-10-9-13(2)12-14(15)17(3,4)5/h7-10,12H,6,11H2,1-5H3/b8-7+. The van der Waals surface area contributed by atoms with Gasteiger partial charge in [0.25, 0.3) is 0 Å². The van der Waals surface area contributed by atoms with E-state index >= 15 is 0 Å². The first-order valence-electron chi connectivity index (χ1n) is 6.92. The van der Waals surface area contributed by atoms with E-state index in [4.69, 9.17) is 9.47 Å². The number of rotatable bonds is 5. The summed E-state index contributed by atoms with van der Waals surface area (Å²) >= 11 is 0. The molecule has 0 saturated carbocycles. The molecule has 0 N–H and O–H groups in total. The predicted molar refractivity (Wildman–Crippen MR) is 81.1 cm³/mol. The van der Waals surface area contributed by atoms with Crippen LogP contribution in [-0.2, 0) is 14.9 Å². The average molecular weight is 276 g/mol. The molecule has 110 valence electrons. The number of carbonyl (C=O) groups is 1. The van der Waals surface area contributed by atoms with Gasteiger partial charge in [-0.05, 0) is 37.0 Å². The number of hydrogen-bond donors (Lipinski definition) is 0. The molecule has 0 amide bonds. The molecule has 0 radical (unpaired) electrons. The summed E-state index contributed by atoms with van der Waals surface area (Å²) in [5.41, 5.74) is 2.40. The van der Waals surface area contributed by atoms with E-state index in [0.717, 1.165) is 5.75 Å². The van der Waals surface area contributed by atoms with Crippen LogP contribution in [0, 0.1) is 6.92 Å². The van der Waals surface area contributed by atoms with Crippen LogP contribution in [0.5, 0.6) is 5.75 Å². The summed E-state index contributed by atoms with van der Waals surface area (Å²) < 4.78 is 10.6. The van der Waals surface area contributed by atoms with Crippen molar-refractivity contribution in [2.24, 2.45) is 0 Å². The zero-order chi connectivity index (χ0) is 15.2. The van der Waals surface area contributed by atoms with Crippen LogP contribution in [0.15, 0.2) is 30.4 Å². The first-order valence-corrected chi connectivity index (χ1v) is 6.92. The maximum absolute atomic E-state index is 11.2. The minimum Gasteiger partial charge on any atom is -0.489 e. The molecule has 0 aromatic heterocycles. The largest absolute Gasteiger partial charge is 0.489 e. The van der Waals surface area contributed by atoms with Crippen molar-refractivity contribution in [2.75, 3.05) is 13.2 Å². The highest BCUT2D eigenvalue weighted by Gasteiger charge is 2.18. The molecule has 1 aromatic carbocycles. The van der Waals surface area contributed by atoms with Crippen molar-refractivity contribution in [2.45, 2.75) is 40.0 Å². The normalized spacial score (nSPS) is 11.7. The lowest BCUT2D eigenvalue weighted by Gasteiger charge is -2.23. The summed E-state index contributed by atoms with van der Waals surface area (Å²) in [6, 6.07) is 6.15. The van der Waals surface area contributed by atoms with Crippen molar-refractivity contribution < 1.29 is 14.3 Å². The summed E-state index contributed by atoms with van der Waals surface area (Å²) in [7, 11) is 0. The minimum atomic E-state index is -0.337. The Morgan fingerprint density at radius 1 is 1.30 bits per heavy atom. The summed E-state index contributed by atoms with van der Waals surface area (Å²) in [4.78, 5) is 11.2. The van der Waals surface area contributed by atoms with E-state index in [-0.39, 0.29) is 11.4 Å². The van der Waals surface area contributed by atoms with Crippen LogP contribution >= 0.6 is 0 Å². The third-order valence-electron chi connectivity index (χ3n) is 2.82. The summed E-state index contributed by atoms with van der Waals surface area (Å²) in [5, 5.41) is 0. The quantitative estimate of drug-likeness (QED) is 0.606. The van der Waals surface area contributed by atoms with Crippen LogP contribution in [0.4, 0.5) is 0 Å². The van der Waals surface area contributed by atoms with Crippen molar-refractivity contribution in [3.8, 4) is 5.75 Å². The maximum atomic E-state index is 11.2. The number of hydrogen-bond acceptors (Lipinski definition) is 3. The third kappa shape index (κ3) is 5.08. The number of esters is 1. The molecule has 0 spiro atoms. The van der Waals surface area contributed by atoms with Crippen molar-refractivity contribution in [1.82, 2.24) is 0 Å². The highest BCUT2D eigenvalue weighted by Crippen LogP contribution is 2.32. The van der Waals surface area contributed by atoms with E-state index in [2.05, 4.69) is 33.8 Å². The van der Waals surface area contributed by atoms with Crippen LogP contribution in [0.3, 0.4) is 0 Å². The zero-order valence-corrected chi connectivity index (χ0v) is 13.0. The van der Waals surface area contributed by atoms with Gasteiger partial charge in [0.2, 0.25) is 0 Å². The maximum Gasteiger partial charge on any atom is 0.330 e. The minimum absolute atomic E-state index is 0.0200. The van der Waals surface area contributed by atoms with Crippen LogP contribution < -0.4 is 4.74 Å². The van der Waals surface area contributed by atoms with Crippen LogP contribution in [0.25, 0.3) is 0 Å². The molecule has 0 saturated heterocycles. The lowest BCUT2D eigenvalue weighted by atomic mass is 9.85. The van der Waals surface area contributed by atoms with Gasteiger partial charge in [0.15, 0.2) is 0 Å². The Morgan fingerprint density at radius 3 is 2.60 bits per heavy atom. The van der Waals surface area contributed by atoms with E-state index in [1.54, 1.807) is 13.0 Å². The highest BCUT2D eigenvalue weighted by atomic mass is 16.5. The van der Waals surface area contributed by atoms with Crippen LogP contribution in [0.2, 0.25) is 0 Å². The summed E-state index contributed by atoms with van der Waals surface area (Å²) in [6.07, 6.45) is 3.07. The smallest absolute Gasteiger partial charge is 0.330 e. The van der Waals surface area contributed by atoms with Crippen molar-refractivity contribution in [1.29, 1.82) is 0 Å². The van der Waals surface area contributed by atoms with E-state index in [0.29, 0.717) is 13.2 Å². The second kappa shape index (κ2) is 7.13. The Balaban J connectivity index is 2.71. The van der Waals surface area contributed by atoms with Gasteiger partial charge in [0.1, 0.15) is 12.4 Å². The molecule has 1 rings (SSSR count). The lowest BCUT2D eigenvalue weighted by Crippen LogP contribution is -2.14. The SMILES string of the molecule is CCOC(=O)/C=C/COc1ccc(C)cc1C(C)(C)C. The number of ether oxygens (including phenoxy) is 2. The molecular formula is C17H24O3. The molecule has 0 aliphatic rings. The van der Waals surface area contributed by atoms with E-state index in [1.165, 1.54) is 17.2 Å². The summed E-state index contributed by atoms with van der Waals surface area (Å²) in [6.45, 7) is 11.1. The Bertz CT molecular complexity index is 481. The zero-order valence-electron chi connectivity index (χ0n) is 13.0. The van der Waals surface area contributed by atoms with E-state index in [9.17, 15) is 4.79 Å². The number of aryl methyl sites for hydroxylation is 1. The molecule has 0 heterocycles. The van der Waals surface area contributed by atoms with Gasteiger partial charge in [-0.15, -0.1) is 0 Å². The van der Waals surface area contributed by atoms with Gasteiger partial charge in [-0.25, -0.2) is 4.79 Å². The fraction of sp³-hybridized carbons (Fsp3) is 0.471. The monoisotopic (exact) mass is 276 g/mol. The Morgan fingerprint density at radius 2 is 2.00 bits per heavy atom. The van der Waals surface area contributed by atoms with Gasteiger partial charge in [-0.2, -0.15) is 0 Å².